The third-order valence-corrected chi connectivity index (χ3v) is 5.04. The van der Waals surface area contributed by atoms with E-state index in [1.807, 2.05) is 0 Å². The van der Waals surface area contributed by atoms with Gasteiger partial charge in [-0.05, 0) is 83.7 Å². The van der Waals surface area contributed by atoms with E-state index in [0.29, 0.717) is 5.92 Å². The van der Waals surface area contributed by atoms with Crippen molar-refractivity contribution in [1.29, 1.82) is 0 Å². The zero-order chi connectivity index (χ0) is 13.5. The molecular formula is C16H33N3. The second kappa shape index (κ2) is 8.23. The SMILES string of the molecule is CC(CN)CCCN1CCC(N2CCCCC2)CC1. The summed E-state index contributed by atoms with van der Waals surface area (Å²) in [5.41, 5.74) is 5.67. The van der Waals surface area contributed by atoms with Crippen LogP contribution >= 0.6 is 0 Å². The molecule has 2 heterocycles. The second-order valence-corrected chi connectivity index (χ2v) is 6.65. The van der Waals surface area contributed by atoms with Gasteiger partial charge in [-0.1, -0.05) is 13.3 Å². The van der Waals surface area contributed by atoms with Gasteiger partial charge in [0.25, 0.3) is 0 Å². The number of hydrogen-bond donors (Lipinski definition) is 1. The van der Waals surface area contributed by atoms with Crippen molar-refractivity contribution < 1.29 is 0 Å². The Morgan fingerprint density at radius 2 is 1.74 bits per heavy atom. The monoisotopic (exact) mass is 267 g/mol. The first-order valence-corrected chi connectivity index (χ1v) is 8.46. The second-order valence-electron chi connectivity index (χ2n) is 6.65. The summed E-state index contributed by atoms with van der Waals surface area (Å²) in [6.45, 7) is 9.75. The molecule has 2 rings (SSSR count). The first-order chi connectivity index (χ1) is 9.29. The molecule has 0 bridgehead atoms. The molecule has 0 saturated carbocycles. The van der Waals surface area contributed by atoms with Crippen molar-refractivity contribution in [1.82, 2.24) is 9.80 Å². The van der Waals surface area contributed by atoms with Crippen LogP contribution in [0.15, 0.2) is 0 Å². The van der Waals surface area contributed by atoms with E-state index in [1.54, 1.807) is 0 Å². The normalized spacial score (nSPS) is 25.6. The molecule has 3 heteroatoms. The lowest BCUT2D eigenvalue weighted by Gasteiger charge is -2.40. The number of rotatable bonds is 6. The molecule has 2 aliphatic rings. The molecule has 2 N–H and O–H groups in total. The van der Waals surface area contributed by atoms with Crippen LogP contribution in [0.3, 0.4) is 0 Å². The van der Waals surface area contributed by atoms with Gasteiger partial charge < -0.3 is 15.5 Å². The summed E-state index contributed by atoms with van der Waals surface area (Å²) >= 11 is 0. The van der Waals surface area contributed by atoms with E-state index in [0.717, 1.165) is 12.6 Å². The Kier molecular flexibility index (Phi) is 6.62. The van der Waals surface area contributed by atoms with Crippen LogP contribution in [0.1, 0.15) is 51.9 Å². The van der Waals surface area contributed by atoms with Gasteiger partial charge in [-0.2, -0.15) is 0 Å². The lowest BCUT2D eigenvalue weighted by Crippen LogP contribution is -2.46. The maximum absolute atomic E-state index is 5.67. The molecule has 0 aromatic heterocycles. The molecule has 0 radical (unpaired) electrons. The fourth-order valence-corrected chi connectivity index (χ4v) is 3.57. The van der Waals surface area contributed by atoms with E-state index in [1.165, 1.54) is 77.7 Å². The summed E-state index contributed by atoms with van der Waals surface area (Å²) in [4.78, 5) is 5.43. The maximum Gasteiger partial charge on any atom is 0.0120 e. The minimum Gasteiger partial charge on any atom is -0.330 e. The minimum atomic E-state index is 0.700. The zero-order valence-electron chi connectivity index (χ0n) is 12.8. The smallest absolute Gasteiger partial charge is 0.0120 e. The highest BCUT2D eigenvalue weighted by atomic mass is 15.2. The summed E-state index contributed by atoms with van der Waals surface area (Å²) in [6, 6.07) is 0.888. The Morgan fingerprint density at radius 3 is 2.37 bits per heavy atom. The van der Waals surface area contributed by atoms with E-state index >= 15 is 0 Å². The van der Waals surface area contributed by atoms with Crippen molar-refractivity contribution in [3.63, 3.8) is 0 Å². The molecule has 0 aromatic carbocycles. The molecule has 2 aliphatic heterocycles. The van der Waals surface area contributed by atoms with Crippen LogP contribution in [-0.2, 0) is 0 Å². The Hall–Kier alpha value is -0.120. The molecule has 0 spiro atoms. The molecule has 2 fully saturated rings. The summed E-state index contributed by atoms with van der Waals surface area (Å²) in [7, 11) is 0. The van der Waals surface area contributed by atoms with Gasteiger partial charge >= 0.3 is 0 Å². The number of likely N-dealkylation sites (tertiary alicyclic amines) is 2. The van der Waals surface area contributed by atoms with Gasteiger partial charge in [-0.15, -0.1) is 0 Å². The third kappa shape index (κ3) is 5.05. The lowest BCUT2D eigenvalue weighted by atomic mass is 9.99. The first-order valence-electron chi connectivity index (χ1n) is 8.46. The minimum absolute atomic E-state index is 0.700. The summed E-state index contributed by atoms with van der Waals surface area (Å²) in [6.07, 6.45) is 9.72. The highest BCUT2D eigenvalue weighted by Gasteiger charge is 2.25. The predicted molar refractivity (Wildman–Crippen MR) is 82.3 cm³/mol. The van der Waals surface area contributed by atoms with Crippen LogP contribution in [0, 0.1) is 5.92 Å². The highest BCUT2D eigenvalue weighted by Crippen LogP contribution is 2.21. The summed E-state index contributed by atoms with van der Waals surface area (Å²) < 4.78 is 0. The van der Waals surface area contributed by atoms with Crippen molar-refractivity contribution in [3.05, 3.63) is 0 Å². The van der Waals surface area contributed by atoms with Gasteiger partial charge in [0.2, 0.25) is 0 Å². The van der Waals surface area contributed by atoms with E-state index in [2.05, 4.69) is 16.7 Å². The highest BCUT2D eigenvalue weighted by molar-refractivity contribution is 4.81. The molecule has 1 unspecified atom stereocenters. The third-order valence-electron chi connectivity index (χ3n) is 5.04. The number of nitrogens with two attached hydrogens (primary N) is 1. The van der Waals surface area contributed by atoms with E-state index in [-0.39, 0.29) is 0 Å². The lowest BCUT2D eigenvalue weighted by molar-refractivity contribution is 0.0914. The van der Waals surface area contributed by atoms with Gasteiger partial charge in [-0.25, -0.2) is 0 Å². The maximum atomic E-state index is 5.67. The van der Waals surface area contributed by atoms with E-state index in [4.69, 9.17) is 5.73 Å². The fourth-order valence-electron chi connectivity index (χ4n) is 3.57. The van der Waals surface area contributed by atoms with E-state index in [9.17, 15) is 0 Å². The number of piperidine rings is 2. The molecule has 1 atom stereocenters. The average molecular weight is 267 g/mol. The Bertz CT molecular complexity index is 230. The molecule has 0 aromatic rings. The standard InChI is InChI=1S/C16H33N3/c1-15(14-17)6-5-9-18-12-7-16(8-13-18)19-10-3-2-4-11-19/h15-16H,2-14,17H2,1H3. The molecule has 112 valence electrons. The van der Waals surface area contributed by atoms with Gasteiger partial charge in [0.05, 0.1) is 0 Å². The molecule has 0 amide bonds. The summed E-state index contributed by atoms with van der Waals surface area (Å²) in [5, 5.41) is 0. The Balaban J connectivity index is 1.59. The van der Waals surface area contributed by atoms with Crippen molar-refractivity contribution >= 4 is 0 Å². The zero-order valence-corrected chi connectivity index (χ0v) is 12.8. The van der Waals surface area contributed by atoms with Gasteiger partial charge in [0.1, 0.15) is 0 Å². The van der Waals surface area contributed by atoms with E-state index < -0.39 is 0 Å². The fraction of sp³-hybridized carbons (Fsp3) is 1.00. The quantitative estimate of drug-likeness (QED) is 0.801. The van der Waals surface area contributed by atoms with Crippen molar-refractivity contribution in [3.8, 4) is 0 Å². The van der Waals surface area contributed by atoms with Crippen LogP contribution < -0.4 is 5.73 Å². The largest absolute Gasteiger partial charge is 0.330 e. The number of nitrogens with zero attached hydrogens (tertiary/aromatic N) is 2. The van der Waals surface area contributed by atoms with Gasteiger partial charge in [0.15, 0.2) is 0 Å². The van der Waals surface area contributed by atoms with Crippen molar-refractivity contribution in [2.24, 2.45) is 11.7 Å². The molecule has 3 nitrogen and oxygen atoms in total. The Morgan fingerprint density at radius 1 is 1.05 bits per heavy atom. The van der Waals surface area contributed by atoms with Crippen LogP contribution in [-0.4, -0.2) is 55.1 Å². The topological polar surface area (TPSA) is 32.5 Å². The van der Waals surface area contributed by atoms with Gasteiger partial charge in [0, 0.05) is 6.04 Å². The predicted octanol–water partition coefficient (Wildman–Crippen LogP) is 2.31. The molecule has 0 aliphatic carbocycles. The van der Waals surface area contributed by atoms with Crippen molar-refractivity contribution in [2.75, 3.05) is 39.3 Å². The van der Waals surface area contributed by atoms with Crippen LogP contribution in [0.4, 0.5) is 0 Å². The molecule has 2 saturated heterocycles. The molecular weight excluding hydrogens is 234 g/mol. The van der Waals surface area contributed by atoms with Crippen LogP contribution in [0.5, 0.6) is 0 Å². The average Bonchev–Trinajstić information content (AvgIpc) is 2.48. The van der Waals surface area contributed by atoms with Crippen LogP contribution in [0.25, 0.3) is 0 Å². The summed E-state index contributed by atoms with van der Waals surface area (Å²) in [5.74, 6) is 0.700. The van der Waals surface area contributed by atoms with Gasteiger partial charge in [-0.3, -0.25) is 0 Å². The van der Waals surface area contributed by atoms with Crippen LogP contribution in [0.2, 0.25) is 0 Å². The van der Waals surface area contributed by atoms with Crippen molar-refractivity contribution in [2.45, 2.75) is 57.9 Å². The Labute approximate surface area is 119 Å². The number of hydrogen-bond acceptors (Lipinski definition) is 3. The first kappa shape index (κ1) is 15.3. The molecule has 19 heavy (non-hydrogen) atoms.